The molecule has 0 bridgehead atoms. The summed E-state index contributed by atoms with van der Waals surface area (Å²) in [6.45, 7) is 4.03. The van der Waals surface area contributed by atoms with Crippen LogP contribution >= 0.6 is 11.3 Å². The third kappa shape index (κ3) is 4.10. The fourth-order valence-corrected chi connectivity index (χ4v) is 4.01. The van der Waals surface area contributed by atoms with Gasteiger partial charge < -0.3 is 9.80 Å². The summed E-state index contributed by atoms with van der Waals surface area (Å²) >= 11 is 1.47. The van der Waals surface area contributed by atoms with Gasteiger partial charge in [0.1, 0.15) is 0 Å². The van der Waals surface area contributed by atoms with Gasteiger partial charge in [0.05, 0.1) is 4.88 Å². The highest BCUT2D eigenvalue weighted by atomic mass is 32.1. The Hall–Kier alpha value is -2.14. The second-order valence-electron chi connectivity index (χ2n) is 6.66. The first-order valence-electron chi connectivity index (χ1n) is 8.68. The lowest BCUT2D eigenvalue weighted by atomic mass is 9.95. The highest BCUT2D eigenvalue weighted by molar-refractivity contribution is 7.12. The van der Waals surface area contributed by atoms with Crippen LogP contribution in [0.3, 0.4) is 0 Å². The van der Waals surface area contributed by atoms with E-state index in [1.807, 2.05) is 46.5 Å². The number of benzene rings is 1. The van der Waals surface area contributed by atoms with E-state index in [0.717, 1.165) is 17.7 Å². The van der Waals surface area contributed by atoms with Crippen LogP contribution in [-0.4, -0.2) is 41.8 Å². The molecule has 4 nitrogen and oxygen atoms in total. The van der Waals surface area contributed by atoms with Crippen molar-refractivity contribution in [3.63, 3.8) is 0 Å². The molecule has 0 N–H and O–H groups in total. The maximum Gasteiger partial charge on any atom is 0.263 e. The molecule has 1 saturated heterocycles. The Morgan fingerprint density at radius 2 is 1.88 bits per heavy atom. The fraction of sp³-hybridized carbons (Fsp3) is 0.400. The number of carbonyl (C=O) groups excluding carboxylic acids is 2. The summed E-state index contributed by atoms with van der Waals surface area (Å²) in [7, 11) is 1.87. The average molecular weight is 356 g/mol. The molecule has 1 aliphatic heterocycles. The molecule has 3 rings (SSSR count). The molecule has 0 atom stereocenters. The minimum atomic E-state index is 0.0152. The summed E-state index contributed by atoms with van der Waals surface area (Å²) in [4.78, 5) is 29.6. The molecule has 0 saturated carbocycles. The minimum absolute atomic E-state index is 0.0152. The lowest BCUT2D eigenvalue weighted by Gasteiger charge is -2.33. The van der Waals surface area contributed by atoms with Crippen molar-refractivity contribution in [3.8, 4) is 0 Å². The Balaban J connectivity index is 1.54. The first-order chi connectivity index (χ1) is 12.1. The van der Waals surface area contributed by atoms with E-state index in [2.05, 4.69) is 19.1 Å². The minimum Gasteiger partial charge on any atom is -0.341 e. The van der Waals surface area contributed by atoms with E-state index in [9.17, 15) is 9.59 Å². The summed E-state index contributed by atoms with van der Waals surface area (Å²) in [5.74, 6) is 0.294. The van der Waals surface area contributed by atoms with Crippen LogP contribution < -0.4 is 0 Å². The van der Waals surface area contributed by atoms with E-state index >= 15 is 0 Å². The second-order valence-corrected chi connectivity index (χ2v) is 7.61. The van der Waals surface area contributed by atoms with E-state index in [-0.39, 0.29) is 17.7 Å². The number of thiophene rings is 1. The zero-order valence-electron chi connectivity index (χ0n) is 14.8. The molecule has 1 aromatic heterocycles. The molecule has 0 unspecified atom stereocenters. The Kier molecular flexibility index (Phi) is 5.53. The number of aryl methyl sites for hydroxylation is 1. The van der Waals surface area contributed by atoms with Gasteiger partial charge in [-0.2, -0.15) is 0 Å². The molecular formula is C20H24N2O2S. The van der Waals surface area contributed by atoms with Crippen molar-refractivity contribution in [2.45, 2.75) is 26.3 Å². The summed E-state index contributed by atoms with van der Waals surface area (Å²) in [6, 6.07) is 11.9. The Morgan fingerprint density at radius 1 is 1.16 bits per heavy atom. The standard InChI is InChI=1S/C20H24N2O2S/c1-15-6-3-4-7-17(15)14-21(2)19(23)16-9-11-22(12-10-16)20(24)18-8-5-13-25-18/h3-8,13,16H,9-12,14H2,1-2H3. The smallest absolute Gasteiger partial charge is 0.263 e. The fourth-order valence-electron chi connectivity index (χ4n) is 3.32. The summed E-state index contributed by atoms with van der Waals surface area (Å²) in [5, 5.41) is 1.92. The highest BCUT2D eigenvalue weighted by Crippen LogP contribution is 2.23. The number of hydrogen-bond acceptors (Lipinski definition) is 3. The van der Waals surface area contributed by atoms with Gasteiger partial charge in [-0.05, 0) is 42.3 Å². The van der Waals surface area contributed by atoms with E-state index in [0.29, 0.717) is 19.6 Å². The van der Waals surface area contributed by atoms with Crippen molar-refractivity contribution in [2.24, 2.45) is 5.92 Å². The van der Waals surface area contributed by atoms with Gasteiger partial charge >= 0.3 is 0 Å². The molecule has 132 valence electrons. The lowest BCUT2D eigenvalue weighted by molar-refractivity contribution is -0.136. The summed E-state index contributed by atoms with van der Waals surface area (Å²) < 4.78 is 0. The molecule has 1 fully saturated rings. The van der Waals surface area contributed by atoms with Crippen molar-refractivity contribution in [1.29, 1.82) is 0 Å². The molecule has 0 aliphatic carbocycles. The molecule has 5 heteroatoms. The van der Waals surface area contributed by atoms with Crippen molar-refractivity contribution < 1.29 is 9.59 Å². The van der Waals surface area contributed by atoms with Gasteiger partial charge in [-0.3, -0.25) is 9.59 Å². The quantitative estimate of drug-likeness (QED) is 0.840. The largest absolute Gasteiger partial charge is 0.341 e. The van der Waals surface area contributed by atoms with Gasteiger partial charge in [-0.15, -0.1) is 11.3 Å². The number of hydrogen-bond donors (Lipinski definition) is 0. The highest BCUT2D eigenvalue weighted by Gasteiger charge is 2.29. The third-order valence-corrected chi connectivity index (χ3v) is 5.77. The van der Waals surface area contributed by atoms with Crippen LogP contribution in [0.4, 0.5) is 0 Å². The van der Waals surface area contributed by atoms with Gasteiger partial charge in [-0.25, -0.2) is 0 Å². The number of amides is 2. The van der Waals surface area contributed by atoms with Crippen molar-refractivity contribution >= 4 is 23.2 Å². The average Bonchev–Trinajstić information content (AvgIpc) is 3.17. The SMILES string of the molecule is Cc1ccccc1CN(C)C(=O)C1CCN(C(=O)c2cccs2)CC1. The number of piperidine rings is 1. The zero-order valence-corrected chi connectivity index (χ0v) is 15.6. The monoisotopic (exact) mass is 356 g/mol. The normalized spacial score (nSPS) is 15.2. The predicted octanol–water partition coefficient (Wildman–Crippen LogP) is 3.57. The van der Waals surface area contributed by atoms with Gasteiger partial charge in [0.2, 0.25) is 5.91 Å². The van der Waals surface area contributed by atoms with Crippen LogP contribution in [0.25, 0.3) is 0 Å². The van der Waals surface area contributed by atoms with Crippen LogP contribution in [0.5, 0.6) is 0 Å². The van der Waals surface area contributed by atoms with Crippen molar-refractivity contribution in [2.75, 3.05) is 20.1 Å². The molecule has 0 spiro atoms. The summed E-state index contributed by atoms with van der Waals surface area (Å²) in [6.07, 6.45) is 1.49. The van der Waals surface area contributed by atoms with Crippen molar-refractivity contribution in [1.82, 2.24) is 9.80 Å². The molecular weight excluding hydrogens is 332 g/mol. The van der Waals surface area contributed by atoms with Crippen LogP contribution in [0.1, 0.15) is 33.6 Å². The zero-order chi connectivity index (χ0) is 17.8. The van der Waals surface area contributed by atoms with Gasteiger partial charge in [0, 0.05) is 32.6 Å². The molecule has 2 amide bonds. The first kappa shape index (κ1) is 17.7. The second kappa shape index (κ2) is 7.83. The molecule has 2 heterocycles. The Bertz CT molecular complexity index is 734. The topological polar surface area (TPSA) is 40.6 Å². The maximum atomic E-state index is 12.7. The van der Waals surface area contributed by atoms with E-state index in [1.54, 1.807) is 0 Å². The molecule has 1 aliphatic rings. The van der Waals surface area contributed by atoms with Crippen LogP contribution in [-0.2, 0) is 11.3 Å². The van der Waals surface area contributed by atoms with Gasteiger partial charge in [-0.1, -0.05) is 30.3 Å². The molecule has 1 aromatic carbocycles. The molecule has 0 radical (unpaired) electrons. The molecule has 2 aromatic rings. The maximum absolute atomic E-state index is 12.7. The number of carbonyl (C=O) groups is 2. The molecule has 25 heavy (non-hydrogen) atoms. The summed E-state index contributed by atoms with van der Waals surface area (Å²) in [5.41, 5.74) is 2.39. The predicted molar refractivity (Wildman–Crippen MR) is 101 cm³/mol. The van der Waals surface area contributed by atoms with Crippen LogP contribution in [0, 0.1) is 12.8 Å². The number of likely N-dealkylation sites (tertiary alicyclic amines) is 1. The lowest BCUT2D eigenvalue weighted by Crippen LogP contribution is -2.43. The van der Waals surface area contributed by atoms with E-state index < -0.39 is 0 Å². The van der Waals surface area contributed by atoms with E-state index in [1.165, 1.54) is 22.5 Å². The Labute approximate surface area is 153 Å². The van der Waals surface area contributed by atoms with Gasteiger partial charge in [0.15, 0.2) is 0 Å². The van der Waals surface area contributed by atoms with Gasteiger partial charge in [0.25, 0.3) is 5.91 Å². The third-order valence-electron chi connectivity index (χ3n) is 4.91. The number of rotatable bonds is 4. The van der Waals surface area contributed by atoms with E-state index in [4.69, 9.17) is 0 Å². The van der Waals surface area contributed by atoms with Crippen LogP contribution in [0.15, 0.2) is 41.8 Å². The Morgan fingerprint density at radius 3 is 2.52 bits per heavy atom. The van der Waals surface area contributed by atoms with Crippen LogP contribution in [0.2, 0.25) is 0 Å². The first-order valence-corrected chi connectivity index (χ1v) is 9.56. The van der Waals surface area contributed by atoms with Crippen molar-refractivity contribution in [3.05, 3.63) is 57.8 Å². The number of nitrogens with zero attached hydrogens (tertiary/aromatic N) is 2.